The zero-order chi connectivity index (χ0) is 34.4. The maximum Gasteiger partial charge on any atom is 0.0547 e. The van der Waals surface area contributed by atoms with E-state index < -0.39 is 0 Å². The second-order valence-electron chi connectivity index (χ2n) is 13.4. The standard InChI is InChI=1S/C50H34N2/c1-3-11-35(12-4-1)36-21-27-42(28-22-36)51(44-31-25-39-20-19-38-13-7-8-16-45(38)48(39)34-44)43-29-23-37(24-30-43)40-26-32-47-46-17-9-10-18-49(46)52(50(47)33-40)41-14-5-2-6-15-41/h1-34H. The molecular weight excluding hydrogens is 629 g/mol. The van der Waals surface area contributed by atoms with E-state index in [4.69, 9.17) is 0 Å². The predicted molar refractivity (Wildman–Crippen MR) is 221 cm³/mol. The lowest BCUT2D eigenvalue weighted by Gasteiger charge is -2.26. The number of para-hydroxylation sites is 2. The highest BCUT2D eigenvalue weighted by atomic mass is 15.1. The van der Waals surface area contributed by atoms with Gasteiger partial charge in [0.15, 0.2) is 0 Å². The Morgan fingerprint density at radius 3 is 1.52 bits per heavy atom. The topological polar surface area (TPSA) is 8.17 Å². The van der Waals surface area contributed by atoms with Gasteiger partial charge in [-0.25, -0.2) is 0 Å². The molecule has 0 saturated heterocycles. The Morgan fingerprint density at radius 1 is 0.288 bits per heavy atom. The summed E-state index contributed by atoms with van der Waals surface area (Å²) >= 11 is 0. The molecule has 10 aromatic rings. The number of aromatic nitrogens is 1. The summed E-state index contributed by atoms with van der Waals surface area (Å²) in [6.45, 7) is 0. The third-order valence-electron chi connectivity index (χ3n) is 10.4. The van der Waals surface area contributed by atoms with E-state index in [1.807, 2.05) is 0 Å². The van der Waals surface area contributed by atoms with E-state index in [9.17, 15) is 0 Å². The highest BCUT2D eigenvalue weighted by Gasteiger charge is 2.16. The lowest BCUT2D eigenvalue weighted by molar-refractivity contribution is 1.18. The molecule has 52 heavy (non-hydrogen) atoms. The van der Waals surface area contributed by atoms with Crippen LogP contribution in [0.4, 0.5) is 17.1 Å². The zero-order valence-corrected chi connectivity index (χ0v) is 28.5. The number of fused-ring (bicyclic) bond motifs is 6. The molecule has 0 radical (unpaired) electrons. The van der Waals surface area contributed by atoms with Crippen molar-refractivity contribution in [1.29, 1.82) is 0 Å². The minimum absolute atomic E-state index is 1.11. The average molecular weight is 663 g/mol. The first-order chi connectivity index (χ1) is 25.8. The fourth-order valence-corrected chi connectivity index (χ4v) is 7.82. The Kier molecular flexibility index (Phi) is 7.18. The van der Waals surface area contributed by atoms with E-state index in [-0.39, 0.29) is 0 Å². The molecule has 2 heteroatoms. The van der Waals surface area contributed by atoms with Crippen molar-refractivity contribution in [3.63, 3.8) is 0 Å². The van der Waals surface area contributed by atoms with Gasteiger partial charge in [0.25, 0.3) is 0 Å². The van der Waals surface area contributed by atoms with E-state index in [0.717, 1.165) is 17.1 Å². The molecule has 1 aromatic heterocycles. The van der Waals surface area contributed by atoms with Gasteiger partial charge in [0.05, 0.1) is 11.0 Å². The van der Waals surface area contributed by atoms with Crippen LogP contribution in [0.25, 0.3) is 71.3 Å². The summed E-state index contributed by atoms with van der Waals surface area (Å²) in [4.78, 5) is 2.37. The first-order valence-electron chi connectivity index (χ1n) is 17.8. The van der Waals surface area contributed by atoms with Crippen molar-refractivity contribution in [2.75, 3.05) is 4.90 Å². The van der Waals surface area contributed by atoms with Crippen LogP contribution < -0.4 is 4.90 Å². The lowest BCUT2D eigenvalue weighted by Crippen LogP contribution is -2.09. The number of rotatable bonds is 6. The van der Waals surface area contributed by atoms with Gasteiger partial charge < -0.3 is 9.47 Å². The van der Waals surface area contributed by atoms with Gasteiger partial charge in [-0.3, -0.25) is 0 Å². The summed E-state index contributed by atoms with van der Waals surface area (Å²) in [5.74, 6) is 0. The van der Waals surface area contributed by atoms with Crippen LogP contribution >= 0.6 is 0 Å². The van der Waals surface area contributed by atoms with Crippen LogP contribution in [-0.4, -0.2) is 4.57 Å². The Hall–Kier alpha value is -6.90. The second-order valence-corrected chi connectivity index (χ2v) is 13.4. The van der Waals surface area contributed by atoms with E-state index in [1.165, 1.54) is 71.3 Å². The Labute approximate surface area is 303 Å². The summed E-state index contributed by atoms with van der Waals surface area (Å²) in [6.07, 6.45) is 0. The average Bonchev–Trinajstić information content (AvgIpc) is 3.56. The maximum absolute atomic E-state index is 2.38. The number of nitrogens with zero attached hydrogens (tertiary/aromatic N) is 2. The molecular formula is C50H34N2. The maximum atomic E-state index is 2.38. The predicted octanol–water partition coefficient (Wildman–Crippen LogP) is 13.9. The number of hydrogen-bond donors (Lipinski definition) is 0. The molecule has 0 unspecified atom stereocenters. The molecule has 0 aliphatic heterocycles. The molecule has 0 amide bonds. The van der Waals surface area contributed by atoms with Gasteiger partial charge in [0, 0.05) is 33.5 Å². The van der Waals surface area contributed by atoms with Crippen LogP contribution in [0.5, 0.6) is 0 Å². The summed E-state index contributed by atoms with van der Waals surface area (Å²) < 4.78 is 2.38. The Bertz CT molecular complexity index is 2870. The third-order valence-corrected chi connectivity index (χ3v) is 10.4. The van der Waals surface area contributed by atoms with Crippen molar-refractivity contribution in [2.24, 2.45) is 0 Å². The molecule has 0 aliphatic rings. The number of anilines is 3. The van der Waals surface area contributed by atoms with Crippen LogP contribution in [0.1, 0.15) is 0 Å². The van der Waals surface area contributed by atoms with Crippen molar-refractivity contribution in [2.45, 2.75) is 0 Å². The SMILES string of the molecule is c1ccc(-c2ccc(N(c3ccc(-c4ccc5c6ccccc6n(-c6ccccc6)c5c4)cc3)c3ccc4ccc5ccccc5c4c3)cc2)cc1. The minimum atomic E-state index is 1.11. The van der Waals surface area contributed by atoms with Gasteiger partial charge in [-0.1, -0.05) is 146 Å². The molecule has 0 aliphatic carbocycles. The molecule has 9 aromatic carbocycles. The second kappa shape index (κ2) is 12.5. The molecule has 2 nitrogen and oxygen atoms in total. The van der Waals surface area contributed by atoms with Gasteiger partial charge in [-0.2, -0.15) is 0 Å². The van der Waals surface area contributed by atoms with E-state index in [1.54, 1.807) is 0 Å². The molecule has 10 rings (SSSR count). The smallest absolute Gasteiger partial charge is 0.0547 e. The van der Waals surface area contributed by atoms with Crippen LogP contribution in [0.15, 0.2) is 206 Å². The van der Waals surface area contributed by atoms with Gasteiger partial charge in [0.1, 0.15) is 0 Å². The van der Waals surface area contributed by atoms with Crippen molar-refractivity contribution in [3.8, 4) is 27.9 Å². The van der Waals surface area contributed by atoms with Crippen LogP contribution in [-0.2, 0) is 0 Å². The molecule has 0 spiro atoms. The summed E-state index contributed by atoms with van der Waals surface area (Å²) in [5, 5.41) is 7.52. The number of benzene rings is 9. The first kappa shape index (κ1) is 30.0. The summed E-state index contributed by atoms with van der Waals surface area (Å²) in [5.41, 5.74) is 11.7. The number of hydrogen-bond acceptors (Lipinski definition) is 1. The normalized spacial score (nSPS) is 11.5. The first-order valence-corrected chi connectivity index (χ1v) is 17.8. The molecule has 0 fully saturated rings. The monoisotopic (exact) mass is 662 g/mol. The highest BCUT2D eigenvalue weighted by Crippen LogP contribution is 2.40. The van der Waals surface area contributed by atoms with Gasteiger partial charge >= 0.3 is 0 Å². The quantitative estimate of drug-likeness (QED) is 0.161. The zero-order valence-electron chi connectivity index (χ0n) is 28.5. The van der Waals surface area contributed by atoms with Crippen molar-refractivity contribution < 1.29 is 0 Å². The van der Waals surface area contributed by atoms with Crippen molar-refractivity contribution >= 4 is 60.4 Å². The van der Waals surface area contributed by atoms with Gasteiger partial charge in [-0.05, 0) is 104 Å². The third kappa shape index (κ3) is 5.12. The summed E-state index contributed by atoms with van der Waals surface area (Å²) in [7, 11) is 0. The van der Waals surface area contributed by atoms with Crippen LogP contribution in [0.2, 0.25) is 0 Å². The van der Waals surface area contributed by atoms with E-state index in [2.05, 4.69) is 216 Å². The van der Waals surface area contributed by atoms with Gasteiger partial charge in [-0.15, -0.1) is 0 Å². The molecule has 0 atom stereocenters. The Morgan fingerprint density at radius 2 is 0.788 bits per heavy atom. The van der Waals surface area contributed by atoms with Crippen LogP contribution in [0.3, 0.4) is 0 Å². The van der Waals surface area contributed by atoms with Crippen LogP contribution in [0, 0.1) is 0 Å². The highest BCUT2D eigenvalue weighted by molar-refractivity contribution is 6.11. The fourth-order valence-electron chi connectivity index (χ4n) is 7.82. The molecule has 244 valence electrons. The Balaban J connectivity index is 1.09. The molecule has 0 saturated carbocycles. The summed E-state index contributed by atoms with van der Waals surface area (Å²) in [6, 6.07) is 74.7. The fraction of sp³-hybridized carbons (Fsp3) is 0. The minimum Gasteiger partial charge on any atom is -0.310 e. The lowest BCUT2D eigenvalue weighted by atomic mass is 10.00. The van der Waals surface area contributed by atoms with Crippen molar-refractivity contribution in [3.05, 3.63) is 206 Å². The van der Waals surface area contributed by atoms with Gasteiger partial charge in [0.2, 0.25) is 0 Å². The molecule has 1 heterocycles. The molecule has 0 bridgehead atoms. The molecule has 0 N–H and O–H groups in total. The van der Waals surface area contributed by atoms with E-state index in [0.29, 0.717) is 0 Å². The van der Waals surface area contributed by atoms with E-state index >= 15 is 0 Å². The largest absolute Gasteiger partial charge is 0.310 e. The van der Waals surface area contributed by atoms with Crippen molar-refractivity contribution in [1.82, 2.24) is 4.57 Å².